The maximum atomic E-state index is 12.8. The Bertz CT molecular complexity index is 814. The summed E-state index contributed by atoms with van der Waals surface area (Å²) in [5.74, 6) is 0.288. The van der Waals surface area contributed by atoms with Crippen molar-refractivity contribution in [2.24, 2.45) is 0 Å². The first-order chi connectivity index (χ1) is 12.9. The first-order valence-electron chi connectivity index (χ1n) is 9.56. The van der Waals surface area contributed by atoms with Crippen LogP contribution >= 0.6 is 11.8 Å². The largest absolute Gasteiger partial charge is 0.507 e. The maximum absolute atomic E-state index is 12.8. The molecule has 1 N–H and O–H groups in total. The van der Waals surface area contributed by atoms with Crippen LogP contribution in [0.3, 0.4) is 0 Å². The predicted molar refractivity (Wildman–Crippen MR) is 117 cm³/mol. The van der Waals surface area contributed by atoms with Crippen molar-refractivity contribution in [1.29, 1.82) is 5.26 Å². The molecule has 0 spiro atoms. The van der Waals surface area contributed by atoms with E-state index in [9.17, 15) is 9.90 Å². The number of rotatable bonds is 4. The number of nitrogens with zero attached hydrogens (tertiary/aromatic N) is 2. The summed E-state index contributed by atoms with van der Waals surface area (Å²) in [7, 11) is 0. The molecule has 0 fully saturated rings. The summed E-state index contributed by atoms with van der Waals surface area (Å²) in [5.41, 5.74) is 2.23. The molecule has 1 aliphatic rings. The van der Waals surface area contributed by atoms with E-state index in [1.165, 1.54) is 11.8 Å². The molecule has 0 saturated heterocycles. The normalized spacial score (nSPS) is 16.5. The second-order valence-electron chi connectivity index (χ2n) is 9.14. The van der Waals surface area contributed by atoms with Crippen LogP contribution < -0.4 is 0 Å². The van der Waals surface area contributed by atoms with Crippen LogP contribution in [0.15, 0.2) is 28.6 Å². The molecule has 1 heterocycles. The molecule has 1 aromatic rings. The fourth-order valence-corrected chi connectivity index (χ4v) is 3.85. The van der Waals surface area contributed by atoms with Gasteiger partial charge in [0.25, 0.3) is 5.91 Å². The van der Waals surface area contributed by atoms with Gasteiger partial charge in [0.05, 0.1) is 11.0 Å². The number of amides is 1. The molecule has 5 heteroatoms. The lowest BCUT2D eigenvalue weighted by Gasteiger charge is -2.28. The van der Waals surface area contributed by atoms with Crippen LogP contribution in [0.25, 0.3) is 6.08 Å². The minimum Gasteiger partial charge on any atom is -0.507 e. The zero-order chi connectivity index (χ0) is 21.1. The monoisotopic (exact) mass is 398 g/mol. The van der Waals surface area contributed by atoms with Gasteiger partial charge in [-0.05, 0) is 46.4 Å². The highest BCUT2D eigenvalue weighted by Crippen LogP contribution is 2.40. The zero-order valence-electron chi connectivity index (χ0n) is 17.7. The third-order valence-electron chi connectivity index (χ3n) is 4.64. The van der Waals surface area contributed by atoms with Gasteiger partial charge in [-0.3, -0.25) is 4.79 Å². The van der Waals surface area contributed by atoms with E-state index in [0.29, 0.717) is 30.0 Å². The van der Waals surface area contributed by atoms with Crippen molar-refractivity contribution in [3.63, 3.8) is 0 Å². The first kappa shape index (κ1) is 22.1. The van der Waals surface area contributed by atoms with E-state index in [1.54, 1.807) is 11.1 Å². The zero-order valence-corrected chi connectivity index (χ0v) is 18.5. The summed E-state index contributed by atoms with van der Waals surface area (Å²) in [6.45, 7) is 13.0. The van der Waals surface area contributed by atoms with Gasteiger partial charge < -0.3 is 10.0 Å². The molecule has 0 bridgehead atoms. The fraction of sp³-hybridized carbons (Fsp3) is 0.478. The Balaban J connectivity index is 2.46. The summed E-state index contributed by atoms with van der Waals surface area (Å²) in [6.07, 6.45) is 4.77. The number of hydrogen-bond acceptors (Lipinski definition) is 4. The van der Waals surface area contributed by atoms with Crippen molar-refractivity contribution in [3.8, 4) is 11.8 Å². The Morgan fingerprint density at radius 2 is 1.71 bits per heavy atom. The molecule has 0 aliphatic carbocycles. The number of phenolic OH excluding ortho intramolecular Hbond substituents is 1. The van der Waals surface area contributed by atoms with Gasteiger partial charge in [0.2, 0.25) is 0 Å². The van der Waals surface area contributed by atoms with Gasteiger partial charge >= 0.3 is 0 Å². The van der Waals surface area contributed by atoms with Crippen LogP contribution in [-0.2, 0) is 15.6 Å². The summed E-state index contributed by atoms with van der Waals surface area (Å²) in [5, 5.41) is 21.5. The Labute approximate surface area is 172 Å². The Morgan fingerprint density at radius 3 is 2.21 bits per heavy atom. The topological polar surface area (TPSA) is 64.3 Å². The molecule has 0 atom stereocenters. The number of hydrogen-bond donors (Lipinski definition) is 1. The fourth-order valence-electron chi connectivity index (χ4n) is 3.07. The highest BCUT2D eigenvalue weighted by molar-refractivity contribution is 8.06. The third-order valence-corrected chi connectivity index (χ3v) is 5.45. The van der Waals surface area contributed by atoms with Crippen LogP contribution in [-0.4, -0.2) is 22.5 Å². The van der Waals surface area contributed by atoms with E-state index < -0.39 is 0 Å². The standard InChI is InChI=1S/C23H30N2O2S/c1-22(2,3)17-13-16(14-18(20(17)26)23(4,5)6)15-19-21(27)25(11-12-28-19)10-8-7-9-24/h11-15,26H,7-8,10H2,1-6H3. The molecule has 28 heavy (non-hydrogen) atoms. The van der Waals surface area contributed by atoms with Gasteiger partial charge in [-0.15, -0.1) is 0 Å². The van der Waals surface area contributed by atoms with E-state index in [4.69, 9.17) is 5.26 Å². The van der Waals surface area contributed by atoms with Crippen LogP contribution in [0.2, 0.25) is 0 Å². The van der Waals surface area contributed by atoms with Crippen LogP contribution in [0.1, 0.15) is 71.1 Å². The number of carbonyl (C=O) groups is 1. The summed E-state index contributed by atoms with van der Waals surface area (Å²) in [4.78, 5) is 15.1. The van der Waals surface area contributed by atoms with Crippen molar-refractivity contribution in [2.45, 2.75) is 65.2 Å². The minimum atomic E-state index is -0.217. The lowest BCUT2D eigenvalue weighted by molar-refractivity contribution is -0.124. The Kier molecular flexibility index (Phi) is 6.67. The summed E-state index contributed by atoms with van der Waals surface area (Å²) < 4.78 is 0. The van der Waals surface area contributed by atoms with Gasteiger partial charge in [-0.2, -0.15) is 5.26 Å². The summed E-state index contributed by atoms with van der Waals surface area (Å²) in [6, 6.07) is 6.07. The number of phenols is 1. The number of carbonyl (C=O) groups excluding carboxylic acids is 1. The van der Waals surface area contributed by atoms with Crippen molar-refractivity contribution in [1.82, 2.24) is 4.90 Å². The molecule has 0 aromatic heterocycles. The SMILES string of the molecule is CC(C)(C)c1cc(C=C2SC=CN(CCCC#N)C2=O)cc(C(C)(C)C)c1O. The molecule has 1 aromatic carbocycles. The highest BCUT2D eigenvalue weighted by Gasteiger charge is 2.27. The minimum absolute atomic E-state index is 0.0480. The maximum Gasteiger partial charge on any atom is 0.264 e. The van der Waals surface area contributed by atoms with Crippen molar-refractivity contribution in [2.75, 3.05) is 6.54 Å². The number of unbranched alkanes of at least 4 members (excludes halogenated alkanes) is 1. The van der Waals surface area contributed by atoms with Gasteiger partial charge in [0, 0.05) is 30.3 Å². The van der Waals surface area contributed by atoms with Gasteiger partial charge in [0.15, 0.2) is 0 Å². The molecule has 2 rings (SSSR count). The van der Waals surface area contributed by atoms with E-state index in [1.807, 2.05) is 23.6 Å². The van der Waals surface area contributed by atoms with E-state index in [0.717, 1.165) is 16.7 Å². The average Bonchev–Trinajstić information content (AvgIpc) is 2.57. The average molecular weight is 399 g/mol. The van der Waals surface area contributed by atoms with Crippen molar-refractivity contribution in [3.05, 3.63) is 45.3 Å². The third kappa shape index (κ3) is 5.20. The molecule has 0 radical (unpaired) electrons. The molecule has 1 aliphatic heterocycles. The number of thioether (sulfide) groups is 1. The molecule has 4 nitrogen and oxygen atoms in total. The highest BCUT2D eigenvalue weighted by atomic mass is 32.2. The van der Waals surface area contributed by atoms with Gasteiger partial charge in [-0.25, -0.2) is 0 Å². The van der Waals surface area contributed by atoms with Crippen LogP contribution in [0.5, 0.6) is 5.75 Å². The number of aromatic hydroxyl groups is 1. The van der Waals surface area contributed by atoms with E-state index in [-0.39, 0.29) is 16.7 Å². The van der Waals surface area contributed by atoms with Crippen LogP contribution in [0, 0.1) is 11.3 Å². The number of benzene rings is 1. The van der Waals surface area contributed by atoms with Gasteiger partial charge in [0.1, 0.15) is 5.75 Å². The predicted octanol–water partition coefficient (Wildman–Crippen LogP) is 5.68. The quantitative estimate of drug-likeness (QED) is 0.523. The first-order valence-corrected chi connectivity index (χ1v) is 10.4. The van der Waals surface area contributed by atoms with Crippen LogP contribution in [0.4, 0.5) is 0 Å². The van der Waals surface area contributed by atoms with E-state index in [2.05, 4.69) is 47.6 Å². The summed E-state index contributed by atoms with van der Waals surface area (Å²) >= 11 is 1.40. The number of nitriles is 1. The smallest absolute Gasteiger partial charge is 0.264 e. The second-order valence-corrected chi connectivity index (χ2v) is 10.1. The Hall–Kier alpha value is -2.19. The molecule has 0 saturated carbocycles. The lowest BCUT2D eigenvalue weighted by atomic mass is 9.78. The molecule has 150 valence electrons. The molecular weight excluding hydrogens is 368 g/mol. The van der Waals surface area contributed by atoms with Gasteiger partial charge in [-0.1, -0.05) is 53.3 Å². The Morgan fingerprint density at radius 1 is 1.14 bits per heavy atom. The molecule has 0 unspecified atom stereocenters. The molecular formula is C23H30N2O2S. The second kappa shape index (κ2) is 8.45. The lowest BCUT2D eigenvalue weighted by Crippen LogP contribution is -2.29. The van der Waals surface area contributed by atoms with Crippen molar-refractivity contribution >= 4 is 23.7 Å². The molecule has 1 amide bonds. The van der Waals surface area contributed by atoms with Crippen molar-refractivity contribution < 1.29 is 9.90 Å². The van der Waals surface area contributed by atoms with E-state index >= 15 is 0 Å².